The maximum Gasteiger partial charge on any atom is 0.361 e. The molecule has 3 rings (SSSR count). The van der Waals surface area contributed by atoms with Gasteiger partial charge < -0.3 is 14.4 Å². The molecule has 0 saturated heterocycles. The van der Waals surface area contributed by atoms with E-state index in [0.717, 1.165) is 16.5 Å². The zero-order valence-electron chi connectivity index (χ0n) is 18.0. The van der Waals surface area contributed by atoms with Crippen LogP contribution >= 0.6 is 0 Å². The van der Waals surface area contributed by atoms with Gasteiger partial charge in [0.2, 0.25) is 5.69 Å². The molecule has 2 aromatic carbocycles. The summed E-state index contributed by atoms with van der Waals surface area (Å²) in [5.74, 6) is -1.41. The Kier molecular flexibility index (Phi) is 6.05. The number of hydrogen-bond donors (Lipinski definition) is 0. The Labute approximate surface area is 175 Å². The third kappa shape index (κ3) is 4.12. The Bertz CT molecular complexity index is 1080. The monoisotopic (exact) mass is 410 g/mol. The normalized spacial score (nSPS) is 11.2. The van der Waals surface area contributed by atoms with Crippen molar-refractivity contribution in [3.05, 3.63) is 47.8 Å². The lowest BCUT2D eigenvalue weighted by atomic mass is 10.1. The summed E-state index contributed by atoms with van der Waals surface area (Å²) < 4.78 is 12.0. The maximum absolute atomic E-state index is 12.9. The van der Waals surface area contributed by atoms with Crippen molar-refractivity contribution in [1.29, 1.82) is 0 Å². The summed E-state index contributed by atoms with van der Waals surface area (Å²) in [6.07, 6.45) is -0.741. The van der Waals surface area contributed by atoms with Crippen LogP contribution in [0.5, 0.6) is 0 Å². The van der Waals surface area contributed by atoms with Crippen LogP contribution in [-0.4, -0.2) is 53.2 Å². The largest absolute Gasteiger partial charge is 0.458 e. The van der Waals surface area contributed by atoms with Gasteiger partial charge in [-0.1, -0.05) is 29.5 Å². The highest BCUT2D eigenvalue weighted by Crippen LogP contribution is 2.32. The summed E-state index contributed by atoms with van der Waals surface area (Å²) >= 11 is 0. The minimum atomic E-state index is -0.722. The zero-order chi connectivity index (χ0) is 22.0. The topological polar surface area (TPSA) is 86.5 Å². The fourth-order valence-electron chi connectivity index (χ4n) is 3.16. The molecule has 0 aliphatic rings. The molecule has 0 bridgehead atoms. The third-order valence-electron chi connectivity index (χ3n) is 4.31. The van der Waals surface area contributed by atoms with Gasteiger partial charge in [0.1, 0.15) is 0 Å². The van der Waals surface area contributed by atoms with Gasteiger partial charge in [-0.05, 0) is 45.2 Å². The van der Waals surface area contributed by atoms with E-state index in [1.165, 1.54) is 4.68 Å². The van der Waals surface area contributed by atoms with E-state index in [1.807, 2.05) is 55.4 Å². The molecule has 0 radical (unpaired) electrons. The van der Waals surface area contributed by atoms with Gasteiger partial charge in [-0.15, -0.1) is 5.10 Å². The Morgan fingerprint density at radius 3 is 2.13 bits per heavy atom. The van der Waals surface area contributed by atoms with Gasteiger partial charge in [0, 0.05) is 25.2 Å². The average molecular weight is 410 g/mol. The minimum Gasteiger partial charge on any atom is -0.458 e. The van der Waals surface area contributed by atoms with E-state index in [9.17, 15) is 9.59 Å². The average Bonchev–Trinajstić information content (AvgIpc) is 3.11. The Hall–Kier alpha value is -3.42. The number of anilines is 1. The van der Waals surface area contributed by atoms with Crippen LogP contribution < -0.4 is 4.90 Å². The van der Waals surface area contributed by atoms with Crippen LogP contribution in [0.25, 0.3) is 16.5 Å². The summed E-state index contributed by atoms with van der Waals surface area (Å²) in [7, 11) is 3.87. The lowest BCUT2D eigenvalue weighted by molar-refractivity contribution is 0.0318. The van der Waals surface area contributed by atoms with Crippen LogP contribution in [0.4, 0.5) is 5.69 Å². The van der Waals surface area contributed by atoms with Crippen LogP contribution in [0, 0.1) is 0 Å². The number of ether oxygens (including phenoxy) is 2. The van der Waals surface area contributed by atoms with Crippen LogP contribution in [0.3, 0.4) is 0 Å². The van der Waals surface area contributed by atoms with Gasteiger partial charge in [0.15, 0.2) is 5.69 Å². The molecule has 1 aromatic heterocycles. The summed E-state index contributed by atoms with van der Waals surface area (Å²) in [5.41, 5.74) is 1.32. The lowest BCUT2D eigenvalue weighted by Crippen LogP contribution is -2.21. The molecule has 0 aliphatic heterocycles. The molecule has 0 unspecified atom stereocenters. The van der Waals surface area contributed by atoms with E-state index in [0.29, 0.717) is 5.69 Å². The van der Waals surface area contributed by atoms with Crippen molar-refractivity contribution in [2.75, 3.05) is 19.0 Å². The molecule has 0 aliphatic carbocycles. The van der Waals surface area contributed by atoms with Crippen molar-refractivity contribution in [3.63, 3.8) is 0 Å². The first kappa shape index (κ1) is 21.3. The molecule has 0 fully saturated rings. The number of fused-ring (bicyclic) bond motifs is 1. The molecular formula is C22H26N4O4. The van der Waals surface area contributed by atoms with Crippen LogP contribution in [0.1, 0.15) is 48.7 Å². The summed E-state index contributed by atoms with van der Waals surface area (Å²) in [6, 6.07) is 11.6. The number of aromatic nitrogens is 3. The van der Waals surface area contributed by atoms with Gasteiger partial charge in [0.25, 0.3) is 0 Å². The number of rotatable bonds is 6. The number of benzene rings is 2. The van der Waals surface area contributed by atoms with E-state index in [2.05, 4.69) is 10.3 Å². The van der Waals surface area contributed by atoms with Crippen LogP contribution in [0.2, 0.25) is 0 Å². The van der Waals surface area contributed by atoms with Gasteiger partial charge in [0.05, 0.1) is 17.9 Å². The molecule has 30 heavy (non-hydrogen) atoms. The third-order valence-corrected chi connectivity index (χ3v) is 4.31. The highest BCUT2D eigenvalue weighted by atomic mass is 16.5. The second-order valence-corrected chi connectivity index (χ2v) is 7.65. The van der Waals surface area contributed by atoms with Crippen molar-refractivity contribution in [3.8, 4) is 5.69 Å². The van der Waals surface area contributed by atoms with E-state index in [4.69, 9.17) is 9.47 Å². The fraction of sp³-hybridized carbons (Fsp3) is 0.364. The summed E-state index contributed by atoms with van der Waals surface area (Å²) in [6.45, 7) is 6.92. The number of nitrogens with zero attached hydrogens (tertiary/aromatic N) is 4. The molecule has 0 saturated carbocycles. The van der Waals surface area contributed by atoms with Crippen molar-refractivity contribution in [2.24, 2.45) is 0 Å². The van der Waals surface area contributed by atoms with Crippen LogP contribution in [0.15, 0.2) is 36.4 Å². The van der Waals surface area contributed by atoms with Crippen molar-refractivity contribution < 1.29 is 19.1 Å². The minimum absolute atomic E-state index is 0.0598. The first-order chi connectivity index (χ1) is 14.2. The fourth-order valence-corrected chi connectivity index (χ4v) is 3.16. The van der Waals surface area contributed by atoms with Crippen molar-refractivity contribution in [1.82, 2.24) is 15.0 Å². The van der Waals surface area contributed by atoms with Gasteiger partial charge in [-0.3, -0.25) is 0 Å². The molecule has 0 spiro atoms. The molecule has 3 aromatic rings. The first-order valence-corrected chi connectivity index (χ1v) is 9.77. The first-order valence-electron chi connectivity index (χ1n) is 9.77. The molecule has 0 atom stereocenters. The van der Waals surface area contributed by atoms with E-state index >= 15 is 0 Å². The Balaban J connectivity index is 2.28. The quantitative estimate of drug-likeness (QED) is 0.574. The number of carbonyl (C=O) groups excluding carboxylic acids is 2. The Morgan fingerprint density at radius 2 is 1.53 bits per heavy atom. The second kappa shape index (κ2) is 8.52. The molecule has 158 valence electrons. The maximum atomic E-state index is 12.9. The van der Waals surface area contributed by atoms with Gasteiger partial charge in [-0.25, -0.2) is 14.3 Å². The lowest BCUT2D eigenvalue weighted by Gasteiger charge is -2.18. The molecular weight excluding hydrogens is 384 g/mol. The molecule has 8 nitrogen and oxygen atoms in total. The van der Waals surface area contributed by atoms with E-state index in [1.54, 1.807) is 27.7 Å². The van der Waals surface area contributed by atoms with Crippen LogP contribution in [-0.2, 0) is 9.47 Å². The van der Waals surface area contributed by atoms with E-state index in [-0.39, 0.29) is 23.6 Å². The highest BCUT2D eigenvalue weighted by molar-refractivity contribution is 6.04. The van der Waals surface area contributed by atoms with Crippen molar-refractivity contribution >= 4 is 28.4 Å². The summed E-state index contributed by atoms with van der Waals surface area (Å²) in [4.78, 5) is 27.5. The standard InChI is InChI=1S/C22H26N4O4/c1-13(2)29-21(27)19-20(22(28)30-14(3)4)26(24-23-19)17-12-8-10-15-9-7-11-16(18(15)17)25(5)6/h7-14H,1-6H3. The number of hydrogen-bond acceptors (Lipinski definition) is 7. The SMILES string of the molecule is CC(C)OC(=O)c1nnn(-c2cccc3cccc(N(C)C)c23)c1C(=O)OC(C)C. The molecule has 1 heterocycles. The number of carbonyl (C=O) groups is 2. The predicted octanol–water partition coefficient (Wildman–Crippen LogP) is 3.62. The highest BCUT2D eigenvalue weighted by Gasteiger charge is 2.30. The van der Waals surface area contributed by atoms with Gasteiger partial charge in [-0.2, -0.15) is 0 Å². The number of esters is 2. The predicted molar refractivity (Wildman–Crippen MR) is 114 cm³/mol. The zero-order valence-corrected chi connectivity index (χ0v) is 18.0. The molecule has 0 amide bonds. The van der Waals surface area contributed by atoms with Crippen molar-refractivity contribution in [2.45, 2.75) is 39.9 Å². The molecule has 8 heteroatoms. The van der Waals surface area contributed by atoms with Gasteiger partial charge >= 0.3 is 11.9 Å². The molecule has 0 N–H and O–H groups in total. The Morgan fingerprint density at radius 1 is 0.933 bits per heavy atom. The second-order valence-electron chi connectivity index (χ2n) is 7.65. The smallest absolute Gasteiger partial charge is 0.361 e. The van der Waals surface area contributed by atoms with E-state index < -0.39 is 11.9 Å². The summed E-state index contributed by atoms with van der Waals surface area (Å²) in [5, 5.41) is 9.95.